The number of para-hydroxylation sites is 2. The van der Waals surface area contributed by atoms with Crippen LogP contribution in [0.2, 0.25) is 10.0 Å². The number of methoxy groups -OCH3 is 2. The highest BCUT2D eigenvalue weighted by molar-refractivity contribution is 6.42. The Kier molecular flexibility index (Phi) is 12.5. The number of likely N-dealkylation sites (tertiary alicyclic amines) is 2. The number of carbonyl (C=O) groups is 3. The number of esters is 1. The first-order valence-electron chi connectivity index (χ1n) is 19.5. The zero-order chi connectivity index (χ0) is 40.1. The third-order valence-corrected chi connectivity index (χ3v) is 12.1. The van der Waals surface area contributed by atoms with Gasteiger partial charge in [-0.15, -0.1) is 0 Å². The van der Waals surface area contributed by atoms with Gasteiger partial charge >= 0.3 is 5.97 Å². The molecule has 0 N–H and O–H groups in total. The minimum atomic E-state index is -0.410. The molecule has 0 aliphatic carbocycles. The normalized spacial score (nSPS) is 17.5. The van der Waals surface area contributed by atoms with E-state index in [4.69, 9.17) is 42.4 Å². The molecular weight excluding hydrogens is 765 g/mol. The zero-order valence-corrected chi connectivity index (χ0v) is 34.0. The molecule has 1 unspecified atom stereocenters. The molecule has 2 aliphatic heterocycles. The van der Waals surface area contributed by atoms with Crippen molar-refractivity contribution < 1.29 is 28.6 Å². The van der Waals surface area contributed by atoms with Crippen LogP contribution in [-0.4, -0.2) is 88.9 Å². The van der Waals surface area contributed by atoms with Crippen LogP contribution >= 0.6 is 23.2 Å². The van der Waals surface area contributed by atoms with E-state index in [2.05, 4.69) is 9.88 Å². The molecule has 298 valence electrons. The number of halogens is 2. The summed E-state index contributed by atoms with van der Waals surface area (Å²) in [5.74, 6) is 0.445. The highest BCUT2D eigenvalue weighted by Gasteiger charge is 2.42. The number of hydrogen-bond donors (Lipinski definition) is 0. The van der Waals surface area contributed by atoms with Gasteiger partial charge in [-0.1, -0.05) is 54.4 Å². The molecule has 4 heterocycles. The number of nitrogens with zero attached hydrogens (tertiary/aromatic N) is 5. The fourth-order valence-electron chi connectivity index (χ4n) is 8.16. The minimum absolute atomic E-state index is 0.0689. The number of ether oxygens (including phenoxy) is 3. The molecule has 0 bridgehead atoms. The van der Waals surface area contributed by atoms with Gasteiger partial charge in [-0.25, -0.2) is 4.98 Å². The van der Waals surface area contributed by atoms with E-state index in [-0.39, 0.29) is 41.3 Å². The summed E-state index contributed by atoms with van der Waals surface area (Å²) in [6.07, 6.45) is 5.58. The van der Waals surface area contributed by atoms with Crippen molar-refractivity contribution in [1.29, 1.82) is 0 Å². The molecule has 5 aromatic rings. The second kappa shape index (κ2) is 17.7. The Morgan fingerprint density at radius 3 is 2.32 bits per heavy atom. The summed E-state index contributed by atoms with van der Waals surface area (Å²) in [4.78, 5) is 54.2. The molecule has 1 amide bonds. The van der Waals surface area contributed by atoms with Crippen molar-refractivity contribution in [2.24, 2.45) is 5.92 Å². The van der Waals surface area contributed by atoms with Crippen molar-refractivity contribution in [3.8, 4) is 17.2 Å². The number of Topliss-reactive ketones (excluding diaryl/α,β-unsaturated/α-hetero) is 1. The summed E-state index contributed by atoms with van der Waals surface area (Å²) in [5, 5.41) is 0.940. The minimum Gasteiger partial charge on any atom is -0.493 e. The molecule has 2 saturated heterocycles. The molecule has 0 spiro atoms. The van der Waals surface area contributed by atoms with Crippen LogP contribution in [0, 0.1) is 5.92 Å². The highest BCUT2D eigenvalue weighted by atomic mass is 35.5. The number of fused-ring (bicyclic) bond motifs is 1. The monoisotopic (exact) mass is 811 g/mol. The number of hydrogen-bond acceptors (Lipinski definition) is 9. The maximum atomic E-state index is 14.2. The first-order chi connectivity index (χ1) is 27.6. The second-order valence-corrected chi connectivity index (χ2v) is 15.7. The summed E-state index contributed by atoms with van der Waals surface area (Å²) in [6, 6.07) is 22.6. The smallest absolute Gasteiger partial charge is 0.311 e. The van der Waals surface area contributed by atoms with E-state index in [0.29, 0.717) is 47.5 Å². The van der Waals surface area contributed by atoms with Crippen LogP contribution in [0.5, 0.6) is 17.2 Å². The Morgan fingerprint density at radius 1 is 0.895 bits per heavy atom. The van der Waals surface area contributed by atoms with Crippen molar-refractivity contribution in [1.82, 2.24) is 24.3 Å². The summed E-state index contributed by atoms with van der Waals surface area (Å²) < 4.78 is 18.7. The quantitative estimate of drug-likeness (QED) is 0.0621. The Labute approximate surface area is 342 Å². The van der Waals surface area contributed by atoms with Crippen LogP contribution in [-0.2, 0) is 16.8 Å². The number of aromatic nitrogens is 3. The van der Waals surface area contributed by atoms with Crippen LogP contribution < -0.4 is 14.2 Å². The van der Waals surface area contributed by atoms with E-state index in [1.165, 1.54) is 14.2 Å². The third-order valence-electron chi connectivity index (χ3n) is 11.3. The van der Waals surface area contributed by atoms with E-state index < -0.39 is 11.4 Å². The Bertz CT molecular complexity index is 2230. The zero-order valence-electron chi connectivity index (χ0n) is 32.5. The maximum absolute atomic E-state index is 14.2. The number of benzene rings is 3. The fraction of sp³-hybridized carbons (Fsp3) is 0.386. The van der Waals surface area contributed by atoms with E-state index in [1.54, 1.807) is 18.3 Å². The molecule has 3 aromatic carbocycles. The van der Waals surface area contributed by atoms with Gasteiger partial charge in [0.2, 0.25) is 11.5 Å². The number of ketones is 1. The van der Waals surface area contributed by atoms with Gasteiger partial charge in [0.05, 0.1) is 47.5 Å². The molecule has 2 fully saturated rings. The lowest BCUT2D eigenvalue weighted by Crippen LogP contribution is -2.41. The average molecular weight is 813 g/mol. The Morgan fingerprint density at radius 2 is 1.63 bits per heavy atom. The largest absolute Gasteiger partial charge is 0.493 e. The van der Waals surface area contributed by atoms with Gasteiger partial charge in [-0.2, -0.15) is 0 Å². The summed E-state index contributed by atoms with van der Waals surface area (Å²) in [5.41, 5.74) is 3.59. The van der Waals surface area contributed by atoms with Gasteiger partial charge < -0.3 is 28.6 Å². The standard InChI is InChI=1S/C44H47Cl2N5O6/c1-4-9-39(52)57-41-37(55-2)24-30(25-38(41)56-3)43(54)50-23-18-44(28-50,31-13-14-33(45)34(46)26-31)17-22-49-20-15-29(16-21-49)40(53)42-48-35-11-5-6-12-36(35)51(42)27-32-10-7-8-19-47-32/h5-8,10-14,19,24-26,29H,4,9,15-18,20-23,27-28H2,1-3H3. The lowest BCUT2D eigenvalue weighted by Gasteiger charge is -2.36. The topological polar surface area (TPSA) is 116 Å². The van der Waals surface area contributed by atoms with E-state index >= 15 is 0 Å². The predicted octanol–water partition coefficient (Wildman–Crippen LogP) is 8.28. The van der Waals surface area contributed by atoms with Gasteiger partial charge in [-0.05, 0) is 106 Å². The second-order valence-electron chi connectivity index (χ2n) is 14.9. The highest BCUT2D eigenvalue weighted by Crippen LogP contribution is 2.43. The lowest BCUT2D eigenvalue weighted by atomic mass is 9.76. The van der Waals surface area contributed by atoms with Crippen LogP contribution in [0.15, 0.2) is 79.0 Å². The molecule has 11 nitrogen and oxygen atoms in total. The molecule has 0 saturated carbocycles. The number of amides is 1. The first-order valence-corrected chi connectivity index (χ1v) is 20.2. The number of imidazole rings is 1. The van der Waals surface area contributed by atoms with Crippen LogP contribution in [0.1, 0.15) is 77.7 Å². The Balaban J connectivity index is 1.06. The summed E-state index contributed by atoms with van der Waals surface area (Å²) in [7, 11) is 2.93. The molecule has 13 heteroatoms. The van der Waals surface area contributed by atoms with Crippen LogP contribution in [0.4, 0.5) is 0 Å². The average Bonchev–Trinajstić information content (AvgIpc) is 3.84. The van der Waals surface area contributed by atoms with Gasteiger partial charge in [0.1, 0.15) is 0 Å². The SMILES string of the molecule is CCCC(=O)Oc1c(OC)cc(C(=O)N2CCC(CCN3CCC(C(=O)c4nc5ccccc5n4Cc4ccccn4)CC3)(c3ccc(Cl)c(Cl)c3)C2)cc1OC. The molecule has 2 aromatic heterocycles. The van der Waals surface area contributed by atoms with E-state index in [0.717, 1.165) is 67.6 Å². The summed E-state index contributed by atoms with van der Waals surface area (Å²) in [6.45, 7) is 5.66. The van der Waals surface area contributed by atoms with Gasteiger partial charge in [0.25, 0.3) is 5.91 Å². The lowest BCUT2D eigenvalue weighted by molar-refractivity contribution is -0.134. The van der Waals surface area contributed by atoms with Gasteiger partial charge in [-0.3, -0.25) is 19.4 Å². The van der Waals surface area contributed by atoms with E-state index in [9.17, 15) is 14.4 Å². The Hall–Kier alpha value is -4.97. The van der Waals surface area contributed by atoms with Crippen molar-refractivity contribution in [2.45, 2.75) is 57.4 Å². The number of carbonyl (C=O) groups excluding carboxylic acids is 3. The van der Waals surface area contributed by atoms with Crippen molar-refractivity contribution in [2.75, 3.05) is 46.9 Å². The summed E-state index contributed by atoms with van der Waals surface area (Å²) >= 11 is 13.0. The maximum Gasteiger partial charge on any atom is 0.311 e. The number of rotatable bonds is 14. The third kappa shape index (κ3) is 8.66. The molecule has 2 aliphatic rings. The molecule has 57 heavy (non-hydrogen) atoms. The van der Waals surface area contributed by atoms with Gasteiger partial charge in [0, 0.05) is 42.6 Å². The predicted molar refractivity (Wildman–Crippen MR) is 220 cm³/mol. The first kappa shape index (κ1) is 40.2. The van der Waals surface area contributed by atoms with Crippen molar-refractivity contribution >= 4 is 51.9 Å². The molecule has 1 atom stereocenters. The molecule has 0 radical (unpaired) electrons. The van der Waals surface area contributed by atoms with Gasteiger partial charge in [0.15, 0.2) is 17.3 Å². The van der Waals surface area contributed by atoms with Crippen LogP contribution in [0.25, 0.3) is 11.0 Å². The number of piperidine rings is 1. The van der Waals surface area contributed by atoms with Crippen molar-refractivity contribution in [3.05, 3.63) is 112 Å². The van der Waals surface area contributed by atoms with Crippen LogP contribution in [0.3, 0.4) is 0 Å². The fourth-order valence-corrected chi connectivity index (χ4v) is 8.46. The number of pyridine rings is 1. The molecular formula is C44H47Cl2N5O6. The van der Waals surface area contributed by atoms with Crippen molar-refractivity contribution in [3.63, 3.8) is 0 Å². The van der Waals surface area contributed by atoms with E-state index in [1.807, 2.05) is 77.1 Å². The molecule has 7 rings (SSSR count).